The predicted octanol–water partition coefficient (Wildman–Crippen LogP) is 4.89. The minimum absolute atomic E-state index is 0.0302. The molecule has 0 spiro atoms. The molecule has 0 aliphatic carbocycles. The second-order valence-corrected chi connectivity index (χ2v) is 8.23. The van der Waals surface area contributed by atoms with E-state index in [1.165, 1.54) is 6.07 Å². The first-order valence-electron chi connectivity index (χ1n) is 9.61. The molecule has 2 aromatic rings. The average molecular weight is 443 g/mol. The summed E-state index contributed by atoms with van der Waals surface area (Å²) < 4.78 is 51.6. The van der Waals surface area contributed by atoms with Crippen molar-refractivity contribution in [2.75, 3.05) is 18.0 Å². The van der Waals surface area contributed by atoms with E-state index in [4.69, 9.17) is 0 Å². The van der Waals surface area contributed by atoms with E-state index in [0.29, 0.717) is 17.9 Å². The van der Waals surface area contributed by atoms with Crippen molar-refractivity contribution in [3.8, 4) is 0 Å². The summed E-state index contributed by atoms with van der Waals surface area (Å²) in [4.78, 5) is 33.1. The first-order chi connectivity index (χ1) is 14.2. The molecule has 1 N–H and O–H groups in total. The summed E-state index contributed by atoms with van der Waals surface area (Å²) >= 11 is -0.513. The predicted molar refractivity (Wildman–Crippen MR) is 107 cm³/mol. The first-order valence-corrected chi connectivity index (χ1v) is 10.4. The fourth-order valence-electron chi connectivity index (χ4n) is 3.47. The van der Waals surface area contributed by atoms with Crippen LogP contribution in [0, 0.1) is 5.82 Å². The third kappa shape index (κ3) is 5.62. The van der Waals surface area contributed by atoms with Crippen LogP contribution in [0.1, 0.15) is 54.6 Å². The lowest BCUT2D eigenvalue weighted by Gasteiger charge is -2.18. The van der Waals surface area contributed by atoms with Gasteiger partial charge >= 0.3 is 5.51 Å². The van der Waals surface area contributed by atoms with Crippen molar-refractivity contribution in [2.45, 2.75) is 48.9 Å². The quantitative estimate of drug-likeness (QED) is 0.375. The number of hydrogen-bond donors (Lipinski definition) is 1. The second kappa shape index (κ2) is 9.20. The van der Waals surface area contributed by atoms with Gasteiger partial charge in [0.25, 0.3) is 5.56 Å². The maximum atomic E-state index is 14.1. The fourth-order valence-corrected chi connectivity index (χ4v) is 4.01. The number of hydrogen-bond acceptors (Lipinski definition) is 5. The third-order valence-corrected chi connectivity index (χ3v) is 5.78. The molecule has 1 fully saturated rings. The Morgan fingerprint density at radius 3 is 2.57 bits per heavy atom. The zero-order chi connectivity index (χ0) is 21.9. The molecule has 0 radical (unpaired) electrons. The molecule has 30 heavy (non-hydrogen) atoms. The standard InChI is InChI=1S/C20H21F4N3O2S/c1-2-12(13-5-6-17(14(21)9-13)30-20(22,23)24)10-16(28)15-11-18(29)26-19(25-15)27-7-3-4-8-27/h5-6,9,11-12H,2-4,7-8,10H2,1H3,(H,25,26,29)/t12-/m0/s1. The number of carbonyl (C=O) groups excluding carboxylic acids is 1. The Hall–Kier alpha value is -2.36. The van der Waals surface area contributed by atoms with Gasteiger partial charge in [-0.15, -0.1) is 0 Å². The van der Waals surface area contributed by atoms with Crippen molar-refractivity contribution in [1.82, 2.24) is 9.97 Å². The Bertz CT molecular complexity index is 971. The van der Waals surface area contributed by atoms with Crippen molar-refractivity contribution in [3.05, 3.63) is 51.7 Å². The molecule has 0 saturated carbocycles. The molecule has 1 aliphatic heterocycles. The smallest absolute Gasteiger partial charge is 0.342 e. The topological polar surface area (TPSA) is 66.1 Å². The number of aromatic amines is 1. The van der Waals surface area contributed by atoms with Crippen LogP contribution in [0.25, 0.3) is 0 Å². The highest BCUT2D eigenvalue weighted by molar-refractivity contribution is 8.00. The molecule has 1 saturated heterocycles. The molecule has 3 rings (SSSR count). The number of alkyl halides is 3. The van der Waals surface area contributed by atoms with E-state index < -0.39 is 39.5 Å². The van der Waals surface area contributed by atoms with Crippen LogP contribution in [-0.4, -0.2) is 34.3 Å². The molecule has 0 amide bonds. The molecule has 2 heterocycles. The van der Waals surface area contributed by atoms with Gasteiger partial charge in [0, 0.05) is 25.6 Å². The van der Waals surface area contributed by atoms with Crippen LogP contribution in [0.5, 0.6) is 0 Å². The molecular weight excluding hydrogens is 422 g/mol. The molecule has 0 unspecified atom stereocenters. The van der Waals surface area contributed by atoms with Gasteiger partial charge in [0.2, 0.25) is 5.95 Å². The average Bonchev–Trinajstić information content (AvgIpc) is 3.21. The van der Waals surface area contributed by atoms with Gasteiger partial charge in [0.15, 0.2) is 5.78 Å². The first kappa shape index (κ1) is 22.3. The summed E-state index contributed by atoms with van der Waals surface area (Å²) in [6.07, 6.45) is 2.40. The van der Waals surface area contributed by atoms with Crippen LogP contribution in [0.3, 0.4) is 0 Å². The molecule has 1 atom stereocenters. The van der Waals surface area contributed by atoms with Gasteiger partial charge in [-0.1, -0.05) is 13.0 Å². The normalized spacial score (nSPS) is 15.4. The van der Waals surface area contributed by atoms with Crippen molar-refractivity contribution < 1.29 is 22.4 Å². The summed E-state index contributed by atoms with van der Waals surface area (Å²) in [5.74, 6) is -1.40. The van der Waals surface area contributed by atoms with Crippen LogP contribution in [-0.2, 0) is 0 Å². The molecule has 162 valence electrons. The summed E-state index contributed by atoms with van der Waals surface area (Å²) in [5, 5.41) is 0. The molecule has 10 heteroatoms. The van der Waals surface area contributed by atoms with Crippen LogP contribution in [0.4, 0.5) is 23.5 Å². The van der Waals surface area contributed by atoms with Crippen molar-refractivity contribution in [3.63, 3.8) is 0 Å². The van der Waals surface area contributed by atoms with Gasteiger partial charge in [-0.2, -0.15) is 13.2 Å². The Labute approximate surface area is 174 Å². The van der Waals surface area contributed by atoms with E-state index in [0.717, 1.165) is 44.1 Å². The number of benzene rings is 1. The van der Waals surface area contributed by atoms with Crippen LogP contribution >= 0.6 is 11.8 Å². The number of thioether (sulfide) groups is 1. The molecule has 1 aliphatic rings. The minimum Gasteiger partial charge on any atom is -0.342 e. The Balaban J connectivity index is 1.78. The molecule has 5 nitrogen and oxygen atoms in total. The zero-order valence-electron chi connectivity index (χ0n) is 16.3. The van der Waals surface area contributed by atoms with Crippen molar-refractivity contribution >= 4 is 23.5 Å². The van der Waals surface area contributed by atoms with Gasteiger partial charge in [-0.05, 0) is 54.6 Å². The Morgan fingerprint density at radius 2 is 1.97 bits per heavy atom. The zero-order valence-corrected chi connectivity index (χ0v) is 17.1. The fraction of sp³-hybridized carbons (Fsp3) is 0.450. The lowest BCUT2D eigenvalue weighted by molar-refractivity contribution is -0.0329. The van der Waals surface area contributed by atoms with Crippen LogP contribution < -0.4 is 10.5 Å². The van der Waals surface area contributed by atoms with Gasteiger partial charge < -0.3 is 4.90 Å². The number of H-pyrrole nitrogens is 1. The lowest BCUT2D eigenvalue weighted by atomic mass is 9.90. The lowest BCUT2D eigenvalue weighted by Crippen LogP contribution is -2.25. The highest BCUT2D eigenvalue weighted by Gasteiger charge is 2.31. The summed E-state index contributed by atoms with van der Waals surface area (Å²) in [6, 6.07) is 4.65. The number of ketones is 1. The van der Waals surface area contributed by atoms with Gasteiger partial charge in [0.05, 0.1) is 4.90 Å². The van der Waals surface area contributed by atoms with Crippen molar-refractivity contribution in [1.29, 1.82) is 0 Å². The van der Waals surface area contributed by atoms with E-state index in [-0.39, 0.29) is 17.9 Å². The number of Topliss-reactive ketones (excluding diaryl/α,β-unsaturated/α-hetero) is 1. The minimum atomic E-state index is -4.58. The van der Waals surface area contributed by atoms with E-state index in [1.54, 1.807) is 6.92 Å². The summed E-state index contributed by atoms with van der Waals surface area (Å²) in [5.41, 5.74) is -4.55. The SMILES string of the molecule is CC[C@@H](CC(=O)c1cc(=O)[nH]c(N2CCCC2)n1)c1ccc(SC(F)(F)F)c(F)c1. The maximum absolute atomic E-state index is 14.1. The molecule has 0 bridgehead atoms. The van der Waals surface area contributed by atoms with Gasteiger partial charge in [-0.3, -0.25) is 14.6 Å². The Morgan fingerprint density at radius 1 is 1.27 bits per heavy atom. The number of nitrogens with zero attached hydrogens (tertiary/aromatic N) is 2. The number of nitrogens with one attached hydrogen (secondary N) is 1. The summed E-state index contributed by atoms with van der Waals surface area (Å²) in [6.45, 7) is 3.30. The highest BCUT2D eigenvalue weighted by Crippen LogP contribution is 2.39. The van der Waals surface area contributed by atoms with E-state index in [9.17, 15) is 27.2 Å². The number of carbonyl (C=O) groups is 1. The summed E-state index contributed by atoms with van der Waals surface area (Å²) in [7, 11) is 0. The molecule has 1 aromatic heterocycles. The number of rotatable bonds is 7. The van der Waals surface area contributed by atoms with Gasteiger partial charge in [-0.25, -0.2) is 9.37 Å². The maximum Gasteiger partial charge on any atom is 0.446 e. The largest absolute Gasteiger partial charge is 0.446 e. The van der Waals surface area contributed by atoms with E-state index in [2.05, 4.69) is 9.97 Å². The van der Waals surface area contributed by atoms with E-state index in [1.807, 2.05) is 4.90 Å². The number of anilines is 1. The second-order valence-electron chi connectivity index (χ2n) is 7.12. The third-order valence-electron chi connectivity index (χ3n) is 5.00. The van der Waals surface area contributed by atoms with Crippen molar-refractivity contribution in [2.24, 2.45) is 0 Å². The van der Waals surface area contributed by atoms with Crippen LogP contribution in [0.15, 0.2) is 34.0 Å². The monoisotopic (exact) mass is 443 g/mol. The number of aromatic nitrogens is 2. The van der Waals surface area contributed by atoms with E-state index >= 15 is 0 Å². The highest BCUT2D eigenvalue weighted by atomic mass is 32.2. The Kier molecular flexibility index (Phi) is 6.84. The van der Waals surface area contributed by atoms with Gasteiger partial charge in [0.1, 0.15) is 11.5 Å². The van der Waals surface area contributed by atoms with Crippen LogP contribution in [0.2, 0.25) is 0 Å². The number of halogens is 4. The molecule has 1 aromatic carbocycles. The molecular formula is C20H21F4N3O2S.